The van der Waals surface area contributed by atoms with Gasteiger partial charge < -0.3 is 15.6 Å². The van der Waals surface area contributed by atoms with Crippen LogP contribution >= 0.6 is 12.4 Å². The Balaban J connectivity index is 0.00000361. The van der Waals surface area contributed by atoms with Crippen LogP contribution in [0.3, 0.4) is 0 Å². The Morgan fingerprint density at radius 3 is 2.40 bits per heavy atom. The van der Waals surface area contributed by atoms with Crippen molar-refractivity contribution in [3.05, 3.63) is 29.6 Å². The zero-order chi connectivity index (χ0) is 14.6. The average Bonchev–Trinajstić information content (AvgIpc) is 2.29. The molecule has 0 aliphatic heterocycles. The number of aliphatic hydroxyl groups is 1. The summed E-state index contributed by atoms with van der Waals surface area (Å²) in [5.74, 6) is -2.09. The first-order valence-electron chi connectivity index (χ1n) is 5.73. The van der Waals surface area contributed by atoms with Gasteiger partial charge in [0.1, 0.15) is 0 Å². The summed E-state index contributed by atoms with van der Waals surface area (Å²) in [6.07, 6.45) is -4.72. The van der Waals surface area contributed by atoms with Crippen LogP contribution < -0.4 is 10.5 Å². The number of hydrogen-bond acceptors (Lipinski definition) is 3. The molecule has 0 saturated heterocycles. The second-order valence-electron chi connectivity index (χ2n) is 4.12. The van der Waals surface area contributed by atoms with Crippen molar-refractivity contribution >= 4 is 12.4 Å². The highest BCUT2D eigenvalue weighted by Gasteiger charge is 2.32. The molecule has 8 heteroatoms. The Labute approximate surface area is 120 Å². The lowest BCUT2D eigenvalue weighted by Crippen LogP contribution is -2.26. The lowest BCUT2D eigenvalue weighted by Gasteiger charge is -2.19. The molecule has 0 fully saturated rings. The molecule has 0 amide bonds. The highest BCUT2D eigenvalue weighted by atomic mass is 35.5. The quantitative estimate of drug-likeness (QED) is 0.819. The Morgan fingerprint density at radius 2 is 1.95 bits per heavy atom. The molecule has 0 spiro atoms. The molecule has 0 aromatic heterocycles. The molecule has 1 rings (SSSR count). The number of halogens is 5. The van der Waals surface area contributed by atoms with Crippen molar-refractivity contribution in [2.24, 2.45) is 5.73 Å². The minimum atomic E-state index is -4.95. The van der Waals surface area contributed by atoms with Crippen LogP contribution in [0.1, 0.15) is 31.4 Å². The maximum absolute atomic E-state index is 13.4. The van der Waals surface area contributed by atoms with Gasteiger partial charge in [0, 0.05) is 0 Å². The van der Waals surface area contributed by atoms with Crippen molar-refractivity contribution in [2.45, 2.75) is 38.3 Å². The third-order valence-electron chi connectivity index (χ3n) is 2.57. The molecule has 1 aromatic carbocycles. The molecule has 1 aromatic rings. The minimum Gasteiger partial charge on any atom is -0.403 e. The van der Waals surface area contributed by atoms with E-state index < -0.39 is 30.1 Å². The second kappa shape index (κ2) is 7.66. The van der Waals surface area contributed by atoms with Gasteiger partial charge in [0.25, 0.3) is 0 Å². The van der Waals surface area contributed by atoms with E-state index in [-0.39, 0.29) is 18.0 Å². The second-order valence-corrected chi connectivity index (χ2v) is 4.12. The summed E-state index contributed by atoms with van der Waals surface area (Å²) in [6, 6.07) is 2.03. The fourth-order valence-corrected chi connectivity index (χ4v) is 1.63. The minimum absolute atomic E-state index is 0. The number of alkyl halides is 3. The van der Waals surface area contributed by atoms with Crippen molar-refractivity contribution in [1.82, 2.24) is 0 Å². The third kappa shape index (κ3) is 5.52. The Morgan fingerprint density at radius 1 is 1.35 bits per heavy atom. The van der Waals surface area contributed by atoms with Gasteiger partial charge in [-0.1, -0.05) is 19.4 Å². The number of benzene rings is 1. The molecule has 0 aliphatic rings. The van der Waals surface area contributed by atoms with Crippen molar-refractivity contribution in [1.29, 1.82) is 0 Å². The molecule has 0 bridgehead atoms. The van der Waals surface area contributed by atoms with E-state index in [1.165, 1.54) is 6.07 Å². The van der Waals surface area contributed by atoms with Crippen LogP contribution in [-0.4, -0.2) is 17.6 Å². The van der Waals surface area contributed by atoms with Crippen molar-refractivity contribution in [3.8, 4) is 5.75 Å². The predicted octanol–water partition coefficient (Wildman–Crippen LogP) is 3.31. The Bertz CT molecular complexity index is 428. The normalized spacial score (nSPS) is 14.3. The Hall–Kier alpha value is -1.05. The largest absolute Gasteiger partial charge is 0.573 e. The van der Waals surface area contributed by atoms with Gasteiger partial charge >= 0.3 is 6.36 Å². The van der Waals surface area contributed by atoms with Gasteiger partial charge in [0.15, 0.2) is 11.6 Å². The highest BCUT2D eigenvalue weighted by Crippen LogP contribution is 2.28. The lowest BCUT2D eigenvalue weighted by molar-refractivity contribution is -0.275. The fraction of sp³-hybridized carbons (Fsp3) is 0.500. The molecule has 2 atom stereocenters. The van der Waals surface area contributed by atoms with Gasteiger partial charge in [-0.3, -0.25) is 0 Å². The topological polar surface area (TPSA) is 55.5 Å². The van der Waals surface area contributed by atoms with Gasteiger partial charge in [-0.2, -0.15) is 0 Å². The molecule has 0 heterocycles. The third-order valence-corrected chi connectivity index (χ3v) is 2.57. The van der Waals surface area contributed by atoms with Crippen LogP contribution in [0.15, 0.2) is 18.2 Å². The van der Waals surface area contributed by atoms with Crippen LogP contribution in [0.2, 0.25) is 0 Å². The first-order chi connectivity index (χ1) is 8.74. The maximum Gasteiger partial charge on any atom is 0.573 e. The van der Waals surface area contributed by atoms with Crippen LogP contribution in [0.4, 0.5) is 17.6 Å². The van der Waals surface area contributed by atoms with Crippen LogP contribution in [0.5, 0.6) is 5.75 Å². The molecule has 0 radical (unpaired) electrons. The summed E-state index contributed by atoms with van der Waals surface area (Å²) < 4.78 is 52.8. The van der Waals surface area contributed by atoms with E-state index in [9.17, 15) is 22.7 Å². The summed E-state index contributed by atoms with van der Waals surface area (Å²) in [7, 11) is 0. The van der Waals surface area contributed by atoms with Crippen LogP contribution in [-0.2, 0) is 0 Å². The predicted molar refractivity (Wildman–Crippen MR) is 68.2 cm³/mol. The molecule has 116 valence electrons. The van der Waals surface area contributed by atoms with E-state index in [1.54, 1.807) is 0 Å². The number of aliphatic hydroxyl groups excluding tert-OH is 1. The highest BCUT2D eigenvalue weighted by molar-refractivity contribution is 5.85. The van der Waals surface area contributed by atoms with Crippen molar-refractivity contribution in [3.63, 3.8) is 0 Å². The Kier molecular flexibility index (Phi) is 7.26. The molecule has 0 aliphatic carbocycles. The smallest absolute Gasteiger partial charge is 0.403 e. The number of nitrogens with two attached hydrogens (primary N) is 1. The van der Waals surface area contributed by atoms with Gasteiger partial charge in [-0.15, -0.1) is 25.6 Å². The molecule has 20 heavy (non-hydrogen) atoms. The zero-order valence-electron chi connectivity index (χ0n) is 10.7. The van der Waals surface area contributed by atoms with Crippen LogP contribution in [0, 0.1) is 5.82 Å². The lowest BCUT2D eigenvalue weighted by atomic mass is 9.99. The zero-order valence-corrected chi connectivity index (χ0v) is 11.5. The fourth-order valence-electron chi connectivity index (χ4n) is 1.63. The van der Waals surface area contributed by atoms with Gasteiger partial charge in [0.05, 0.1) is 12.1 Å². The van der Waals surface area contributed by atoms with Crippen molar-refractivity contribution < 1.29 is 27.4 Å². The van der Waals surface area contributed by atoms with E-state index in [0.29, 0.717) is 12.8 Å². The van der Waals surface area contributed by atoms with E-state index in [0.717, 1.165) is 12.1 Å². The number of hydrogen-bond donors (Lipinski definition) is 2. The maximum atomic E-state index is 13.4. The van der Waals surface area contributed by atoms with Crippen LogP contribution in [0.25, 0.3) is 0 Å². The summed E-state index contributed by atoms with van der Waals surface area (Å²) in [5, 5.41) is 9.66. The van der Waals surface area contributed by atoms with E-state index >= 15 is 0 Å². The average molecular weight is 318 g/mol. The monoisotopic (exact) mass is 317 g/mol. The molecule has 0 saturated carbocycles. The molecular weight excluding hydrogens is 302 g/mol. The summed E-state index contributed by atoms with van der Waals surface area (Å²) >= 11 is 0. The molecular formula is C12H16ClF4NO2. The van der Waals surface area contributed by atoms with E-state index in [4.69, 9.17) is 5.73 Å². The summed E-state index contributed by atoms with van der Waals surface area (Å²) in [5.41, 5.74) is 5.91. The first kappa shape index (κ1) is 18.9. The van der Waals surface area contributed by atoms with Gasteiger partial charge in [-0.05, 0) is 24.1 Å². The van der Waals surface area contributed by atoms with Gasteiger partial charge in [-0.25, -0.2) is 4.39 Å². The van der Waals surface area contributed by atoms with E-state index in [2.05, 4.69) is 4.74 Å². The molecule has 0 unspecified atom stereocenters. The van der Waals surface area contributed by atoms with Crippen molar-refractivity contribution in [2.75, 3.05) is 0 Å². The number of rotatable bonds is 5. The molecule has 3 N–H and O–H groups in total. The standard InChI is InChI=1S/C12H15F4NO2.ClH/c1-2-3-9(18)11(17)7-4-5-10(8(13)6-7)19-12(14,15)16;/h4-6,9,11,18H,2-3,17H2,1H3;1H/t9-,11+;/m1./s1. The van der Waals surface area contributed by atoms with E-state index in [1.807, 2.05) is 6.92 Å². The summed E-state index contributed by atoms with van der Waals surface area (Å²) in [6.45, 7) is 1.84. The number of ether oxygens (including phenoxy) is 1. The molecule has 3 nitrogen and oxygen atoms in total. The van der Waals surface area contributed by atoms with Gasteiger partial charge in [0.2, 0.25) is 0 Å². The SMILES string of the molecule is CCC[C@@H](O)[C@@H](N)c1ccc(OC(F)(F)F)c(F)c1.Cl. The summed E-state index contributed by atoms with van der Waals surface area (Å²) in [4.78, 5) is 0. The first-order valence-corrected chi connectivity index (χ1v) is 5.73.